The van der Waals surface area contributed by atoms with Crippen molar-refractivity contribution in [2.75, 3.05) is 20.8 Å². The minimum atomic E-state index is 0.442. The zero-order valence-corrected chi connectivity index (χ0v) is 11.5. The molecule has 0 aliphatic heterocycles. The van der Waals surface area contributed by atoms with Crippen molar-refractivity contribution in [3.05, 3.63) is 33.4 Å². The second-order valence-electron chi connectivity index (χ2n) is 3.53. The Kier molecular flexibility index (Phi) is 6.20. The largest absolute Gasteiger partial charge is 0.385 e. The molecule has 0 amide bonds. The van der Waals surface area contributed by atoms with Gasteiger partial charge in [-0.3, -0.25) is 0 Å². The third-order valence-corrected chi connectivity index (χ3v) is 3.18. The summed E-state index contributed by atoms with van der Waals surface area (Å²) >= 11 is 2.33. The van der Waals surface area contributed by atoms with Crippen LogP contribution < -0.4 is 5.32 Å². The molecule has 1 unspecified atom stereocenters. The lowest BCUT2D eigenvalue weighted by atomic mass is 10.0. The first-order valence-electron chi connectivity index (χ1n) is 5.19. The van der Waals surface area contributed by atoms with E-state index in [9.17, 15) is 0 Å². The van der Waals surface area contributed by atoms with Gasteiger partial charge in [0.1, 0.15) is 0 Å². The van der Waals surface area contributed by atoms with Gasteiger partial charge in [0.15, 0.2) is 0 Å². The van der Waals surface area contributed by atoms with Gasteiger partial charge in [0, 0.05) is 23.3 Å². The quantitative estimate of drug-likeness (QED) is 0.643. The summed E-state index contributed by atoms with van der Waals surface area (Å²) in [5, 5.41) is 3.34. The summed E-state index contributed by atoms with van der Waals surface area (Å²) < 4.78 is 6.34. The number of rotatable bonds is 6. The number of nitrogens with one attached hydrogen (secondary N) is 1. The van der Waals surface area contributed by atoms with Gasteiger partial charge in [-0.1, -0.05) is 12.1 Å². The highest BCUT2D eigenvalue weighted by Crippen LogP contribution is 2.19. The molecule has 1 rings (SSSR count). The first kappa shape index (κ1) is 12.9. The van der Waals surface area contributed by atoms with E-state index in [1.54, 1.807) is 7.11 Å². The lowest BCUT2D eigenvalue weighted by Crippen LogP contribution is -2.16. The van der Waals surface area contributed by atoms with Crippen LogP contribution in [0.2, 0.25) is 0 Å². The summed E-state index contributed by atoms with van der Waals surface area (Å²) in [5.41, 5.74) is 1.36. The fraction of sp³-hybridized carbons (Fsp3) is 0.500. The third kappa shape index (κ3) is 4.49. The van der Waals surface area contributed by atoms with Gasteiger partial charge < -0.3 is 10.1 Å². The molecule has 0 fully saturated rings. The Hall–Kier alpha value is -0.130. The van der Waals surface area contributed by atoms with Crippen molar-refractivity contribution >= 4 is 22.6 Å². The van der Waals surface area contributed by atoms with Crippen LogP contribution in [-0.4, -0.2) is 20.8 Å². The van der Waals surface area contributed by atoms with Crippen LogP contribution in [0.1, 0.15) is 24.4 Å². The van der Waals surface area contributed by atoms with Crippen molar-refractivity contribution in [2.45, 2.75) is 18.9 Å². The summed E-state index contributed by atoms with van der Waals surface area (Å²) in [6, 6.07) is 9.12. The van der Waals surface area contributed by atoms with Crippen LogP contribution >= 0.6 is 22.6 Å². The maximum Gasteiger partial charge on any atom is 0.0462 e. The van der Waals surface area contributed by atoms with Crippen molar-refractivity contribution < 1.29 is 4.74 Å². The molecule has 1 aromatic carbocycles. The molecule has 1 aromatic rings. The van der Waals surface area contributed by atoms with Crippen LogP contribution in [-0.2, 0) is 4.74 Å². The monoisotopic (exact) mass is 319 g/mol. The maximum absolute atomic E-state index is 5.06. The molecule has 0 saturated carbocycles. The molecule has 0 aliphatic carbocycles. The van der Waals surface area contributed by atoms with E-state index in [0.717, 1.165) is 19.4 Å². The van der Waals surface area contributed by atoms with Crippen molar-refractivity contribution in [3.8, 4) is 0 Å². The Morgan fingerprint density at radius 1 is 1.33 bits per heavy atom. The van der Waals surface area contributed by atoms with Gasteiger partial charge in [-0.2, -0.15) is 0 Å². The number of benzene rings is 1. The third-order valence-electron chi connectivity index (χ3n) is 2.46. The molecule has 1 atom stereocenters. The fourth-order valence-electron chi connectivity index (χ4n) is 1.60. The van der Waals surface area contributed by atoms with E-state index in [4.69, 9.17) is 4.74 Å². The second kappa shape index (κ2) is 7.19. The number of halogens is 1. The highest BCUT2D eigenvalue weighted by Gasteiger charge is 2.07. The molecule has 0 aliphatic rings. The Bertz CT molecular complexity index is 273. The van der Waals surface area contributed by atoms with E-state index >= 15 is 0 Å². The summed E-state index contributed by atoms with van der Waals surface area (Å²) in [7, 11) is 3.76. The van der Waals surface area contributed by atoms with Crippen LogP contribution in [0.15, 0.2) is 24.3 Å². The van der Waals surface area contributed by atoms with Gasteiger partial charge >= 0.3 is 0 Å². The zero-order valence-electron chi connectivity index (χ0n) is 9.29. The summed E-state index contributed by atoms with van der Waals surface area (Å²) in [4.78, 5) is 0. The number of hydrogen-bond acceptors (Lipinski definition) is 2. The minimum absolute atomic E-state index is 0.442. The van der Waals surface area contributed by atoms with Gasteiger partial charge in [-0.05, 0) is 60.2 Å². The molecule has 0 spiro atoms. The lowest BCUT2D eigenvalue weighted by molar-refractivity contribution is 0.189. The second-order valence-corrected chi connectivity index (χ2v) is 4.77. The average Bonchev–Trinajstić information content (AvgIpc) is 2.26. The van der Waals surface area contributed by atoms with Crippen LogP contribution in [0, 0.1) is 3.57 Å². The van der Waals surface area contributed by atoms with Gasteiger partial charge in [0.2, 0.25) is 0 Å². The van der Waals surface area contributed by atoms with Crippen molar-refractivity contribution in [1.82, 2.24) is 5.32 Å². The predicted molar refractivity (Wildman–Crippen MR) is 72.1 cm³/mol. The highest BCUT2D eigenvalue weighted by atomic mass is 127. The van der Waals surface area contributed by atoms with Gasteiger partial charge in [0.05, 0.1) is 0 Å². The van der Waals surface area contributed by atoms with E-state index in [1.807, 2.05) is 7.05 Å². The summed E-state index contributed by atoms with van der Waals surface area (Å²) in [6.45, 7) is 0.836. The topological polar surface area (TPSA) is 21.3 Å². The molecule has 0 bridgehead atoms. The van der Waals surface area contributed by atoms with Crippen molar-refractivity contribution in [1.29, 1.82) is 0 Å². The number of methoxy groups -OCH3 is 1. The van der Waals surface area contributed by atoms with Crippen LogP contribution in [0.4, 0.5) is 0 Å². The Labute approximate surface area is 106 Å². The standard InChI is InChI=1S/C12H18INO/c1-14-12(4-3-9-15-2)10-5-7-11(13)8-6-10/h5-8,12,14H,3-4,9H2,1-2H3. The average molecular weight is 319 g/mol. The lowest BCUT2D eigenvalue weighted by Gasteiger charge is -2.16. The maximum atomic E-state index is 5.06. The Balaban J connectivity index is 2.53. The Morgan fingerprint density at radius 3 is 2.53 bits per heavy atom. The van der Waals surface area contributed by atoms with E-state index in [1.165, 1.54) is 9.13 Å². The normalized spacial score (nSPS) is 12.7. The zero-order chi connectivity index (χ0) is 11.1. The van der Waals surface area contributed by atoms with E-state index in [0.29, 0.717) is 6.04 Å². The van der Waals surface area contributed by atoms with E-state index in [2.05, 4.69) is 52.2 Å². The van der Waals surface area contributed by atoms with Crippen LogP contribution in [0.3, 0.4) is 0 Å². The van der Waals surface area contributed by atoms with Crippen LogP contribution in [0.5, 0.6) is 0 Å². The SMILES string of the molecule is CNC(CCCOC)c1ccc(I)cc1. The van der Waals surface area contributed by atoms with Gasteiger partial charge in [-0.25, -0.2) is 0 Å². The van der Waals surface area contributed by atoms with Crippen LogP contribution in [0.25, 0.3) is 0 Å². The van der Waals surface area contributed by atoms with E-state index < -0.39 is 0 Å². The molecule has 2 nitrogen and oxygen atoms in total. The van der Waals surface area contributed by atoms with Crippen molar-refractivity contribution in [3.63, 3.8) is 0 Å². The minimum Gasteiger partial charge on any atom is -0.385 e. The molecule has 84 valence electrons. The first-order chi connectivity index (χ1) is 7.27. The van der Waals surface area contributed by atoms with Crippen molar-refractivity contribution in [2.24, 2.45) is 0 Å². The highest BCUT2D eigenvalue weighted by molar-refractivity contribution is 14.1. The molecule has 3 heteroatoms. The molecule has 0 heterocycles. The smallest absolute Gasteiger partial charge is 0.0462 e. The molecule has 1 N–H and O–H groups in total. The Morgan fingerprint density at radius 2 is 2.00 bits per heavy atom. The summed E-state index contributed by atoms with van der Waals surface area (Å²) in [5.74, 6) is 0. The molecule has 0 saturated heterocycles. The molecule has 15 heavy (non-hydrogen) atoms. The fourth-order valence-corrected chi connectivity index (χ4v) is 1.96. The molecular formula is C12H18INO. The van der Waals surface area contributed by atoms with Gasteiger partial charge in [-0.15, -0.1) is 0 Å². The molecular weight excluding hydrogens is 301 g/mol. The van der Waals surface area contributed by atoms with Gasteiger partial charge in [0.25, 0.3) is 0 Å². The molecule has 0 aromatic heterocycles. The first-order valence-corrected chi connectivity index (χ1v) is 6.27. The predicted octanol–water partition coefficient (Wildman–Crippen LogP) is 2.98. The summed E-state index contributed by atoms with van der Waals surface area (Å²) in [6.07, 6.45) is 2.21. The number of hydrogen-bond donors (Lipinski definition) is 1. The molecule has 0 radical (unpaired) electrons. The van der Waals surface area contributed by atoms with E-state index in [-0.39, 0.29) is 0 Å². The number of ether oxygens (including phenoxy) is 1.